The van der Waals surface area contributed by atoms with Crippen molar-refractivity contribution in [3.63, 3.8) is 0 Å². The quantitative estimate of drug-likeness (QED) is 0.0700. The van der Waals surface area contributed by atoms with E-state index in [1.807, 2.05) is 267 Å². The minimum absolute atomic E-state index is 0. The zero-order chi connectivity index (χ0) is 89.5. The van der Waals surface area contributed by atoms with Crippen molar-refractivity contribution in [1.29, 1.82) is 0 Å². The molecule has 32 bridgehead atoms. The van der Waals surface area contributed by atoms with Crippen molar-refractivity contribution in [3.05, 3.63) is 380 Å². The third-order valence-electron chi connectivity index (χ3n) is 22.4. The van der Waals surface area contributed by atoms with Gasteiger partial charge >= 0.3 is 26.2 Å². The zero-order valence-corrected chi connectivity index (χ0v) is 72.4. The van der Waals surface area contributed by atoms with E-state index in [1.54, 1.807) is 97.1 Å². The number of carboxylic acid groups (broad SMARTS) is 4. The first-order valence-electron chi connectivity index (χ1n) is 42.0. The Bertz CT molecular complexity index is 7550. The number of hydrogen-bond donors (Lipinski definition) is 8. The number of hydrogen-bond acceptors (Lipinski definition) is 16. The minimum atomic E-state index is -1.19. The van der Waals surface area contributed by atoms with Crippen LogP contribution in [-0.2, 0) is 26.2 Å². The van der Waals surface area contributed by atoms with E-state index >= 15 is 0 Å². The number of benzene rings is 4. The maximum absolute atomic E-state index is 11.1. The third kappa shape index (κ3) is 19.1. The summed E-state index contributed by atoms with van der Waals surface area (Å²) >= 11 is 0. The number of fused-ring (bicyclic) bond motifs is 32. The van der Waals surface area contributed by atoms with Crippen molar-refractivity contribution in [3.8, 4) is 44.5 Å². The molecule has 0 atom stereocenters. The van der Waals surface area contributed by atoms with Crippen LogP contribution in [0.2, 0.25) is 0 Å². The third-order valence-corrected chi connectivity index (χ3v) is 22.4. The number of carbonyl (C=O) groups excluding carboxylic acids is 4. The largest absolute Gasteiger partial charge is 4.00 e. The minimum Gasteiger partial charge on any atom is -0.545 e. The Morgan fingerprint density at radius 1 is 0.165 bits per heavy atom. The van der Waals surface area contributed by atoms with Gasteiger partial charge in [0.05, 0.1) is 115 Å². The monoisotopic (exact) mass is 1810 g/mol. The summed E-state index contributed by atoms with van der Waals surface area (Å²) in [7, 11) is 0. The molecule has 133 heavy (non-hydrogen) atoms. The Labute approximate surface area is 774 Å². The Morgan fingerprint density at radius 2 is 0.301 bits per heavy atom. The van der Waals surface area contributed by atoms with Gasteiger partial charge in [-0.3, -0.25) is 0 Å². The first-order chi connectivity index (χ1) is 64.3. The molecule has 0 saturated heterocycles. The molecule has 20 heterocycles. The molecule has 0 unspecified atom stereocenters. The number of carboxylic acids is 4. The topological polar surface area (TPSA) is 390 Å². The molecule has 4 aromatic carbocycles. The number of nitrogens with zero attached hydrogens (tertiary/aromatic N) is 8. The van der Waals surface area contributed by atoms with Crippen LogP contribution >= 0.6 is 0 Å². The van der Waals surface area contributed by atoms with Gasteiger partial charge in [-0.15, -0.1) is 0 Å². The smallest absolute Gasteiger partial charge is 0.545 e. The summed E-state index contributed by atoms with van der Waals surface area (Å²) in [6, 6.07) is 82.9. The van der Waals surface area contributed by atoms with E-state index < -0.39 is 23.9 Å². The van der Waals surface area contributed by atoms with E-state index in [2.05, 4.69) is 39.9 Å². The van der Waals surface area contributed by atoms with Crippen LogP contribution in [0.25, 0.3) is 230 Å². The number of nitrogens with one attached hydrogen (secondary N) is 8. The van der Waals surface area contributed by atoms with Crippen molar-refractivity contribution >= 4 is 209 Å². The number of aromatic nitrogens is 16. The predicted molar refractivity (Wildman–Crippen MR) is 514 cm³/mol. The SMILES string of the molecule is O=C([O-])c1ccc(-c2cc3cc4nc(cc5ccc(cc6nc(cc2[nH]3)C=C6)[nH]5)C=C4)cc1.O=C([O-])c1ccc(-c2cc3cc4nc(cc5ccc(cc6nc(cc2[nH]3)C=C6)[nH]5)C=C4)cc1.O=C([O-])c1ccc(-c2cc3cc4nc(cc5ccc(cc6nc(cc2[nH]3)C=C6)[nH]5)C=C4)cc1.O=C([O-])c1ccc(-c2cc3cc4nc(cc5ccc(cc6nc(cc2[nH]3)C=C6)[nH]5)C=C4)cc1.[Zr+4]. The van der Waals surface area contributed by atoms with Gasteiger partial charge in [0.1, 0.15) is 0 Å². The molecule has 0 amide bonds. The second kappa shape index (κ2) is 35.7. The van der Waals surface area contributed by atoms with Gasteiger partial charge in [0, 0.05) is 111 Å². The van der Waals surface area contributed by atoms with Gasteiger partial charge in [-0.1, -0.05) is 97.1 Å². The molecular weight excluding hydrogens is 1740 g/mol. The first kappa shape index (κ1) is 83.3. The molecule has 12 aromatic heterocycles. The second-order valence-corrected chi connectivity index (χ2v) is 31.8. The van der Waals surface area contributed by atoms with Crippen LogP contribution in [0.1, 0.15) is 133 Å². The molecule has 632 valence electrons. The molecule has 8 N–H and O–H groups in total. The fraction of sp³-hybridized carbons (Fsp3) is 0. The second-order valence-electron chi connectivity index (χ2n) is 31.8. The summed E-state index contributed by atoms with van der Waals surface area (Å²) in [5.41, 5.74) is 36.2. The van der Waals surface area contributed by atoms with Gasteiger partial charge in [-0.2, -0.15) is 0 Å². The fourth-order valence-electron chi connectivity index (χ4n) is 16.2. The Hall–Kier alpha value is -18.0. The van der Waals surface area contributed by atoms with E-state index in [-0.39, 0.29) is 48.5 Å². The van der Waals surface area contributed by atoms with E-state index in [0.29, 0.717) is 0 Å². The van der Waals surface area contributed by atoms with E-state index in [0.717, 1.165) is 224 Å². The molecule has 0 aliphatic carbocycles. The Kier molecular flexibility index (Phi) is 22.4. The molecule has 0 fully saturated rings. The van der Waals surface area contributed by atoms with Gasteiger partial charge in [-0.05, 0) is 312 Å². The molecule has 0 radical (unpaired) electrons. The summed E-state index contributed by atoms with van der Waals surface area (Å²) in [5.74, 6) is -4.77. The van der Waals surface area contributed by atoms with Crippen LogP contribution in [0, 0.1) is 0 Å². The number of carbonyl (C=O) groups is 4. The normalized spacial score (nSPS) is 12.2. The van der Waals surface area contributed by atoms with Crippen LogP contribution in [0.3, 0.4) is 0 Å². The number of aromatic carboxylic acids is 4. The average molecular weight is 1810 g/mol. The Balaban J connectivity index is 0.000000110. The number of H-pyrrole nitrogens is 8. The van der Waals surface area contributed by atoms with Crippen molar-refractivity contribution < 1.29 is 65.8 Å². The van der Waals surface area contributed by atoms with E-state index in [4.69, 9.17) is 39.9 Å². The summed E-state index contributed by atoms with van der Waals surface area (Å²) in [5, 5.41) is 44.5. The van der Waals surface area contributed by atoms with Crippen LogP contribution in [0.4, 0.5) is 0 Å². The molecular formula is C108H68N16O8Zr. The predicted octanol–water partition coefficient (Wildman–Crippen LogP) is 18.7. The van der Waals surface area contributed by atoms with Gasteiger partial charge in [-0.25, -0.2) is 39.9 Å². The molecule has 0 spiro atoms. The van der Waals surface area contributed by atoms with Crippen LogP contribution in [0.15, 0.2) is 267 Å². The van der Waals surface area contributed by atoms with Crippen LogP contribution < -0.4 is 20.4 Å². The van der Waals surface area contributed by atoms with E-state index in [9.17, 15) is 39.6 Å². The van der Waals surface area contributed by atoms with Crippen molar-refractivity contribution in [1.82, 2.24) is 79.7 Å². The molecule has 24 nitrogen and oxygen atoms in total. The molecule has 0 saturated carbocycles. The van der Waals surface area contributed by atoms with Gasteiger partial charge in [0.2, 0.25) is 0 Å². The summed E-state index contributed by atoms with van der Waals surface area (Å²) in [6.07, 6.45) is 31.6. The Morgan fingerprint density at radius 3 is 0.444 bits per heavy atom. The zero-order valence-electron chi connectivity index (χ0n) is 70.0. The van der Waals surface area contributed by atoms with E-state index in [1.165, 1.54) is 0 Å². The standard InChI is InChI=1S/4C27H18N4O2.Zr/c4*32-27(33)17-3-1-16(2-4-17)25-14-24-13-22-8-7-20(29-22)11-18-5-6-19(28-18)12-21-9-10-23(30-21)15-26(25)31-24;/h4*1-15,28,31H,(H,32,33);/q;;;;+4/p-4. The van der Waals surface area contributed by atoms with Crippen molar-refractivity contribution in [2.24, 2.45) is 0 Å². The van der Waals surface area contributed by atoms with Crippen LogP contribution in [0.5, 0.6) is 0 Å². The first-order valence-corrected chi connectivity index (χ1v) is 42.0. The molecule has 25 heteroatoms. The molecule has 16 aromatic rings. The van der Waals surface area contributed by atoms with Crippen LogP contribution in [-0.4, -0.2) is 104 Å². The fourth-order valence-corrected chi connectivity index (χ4v) is 16.2. The molecule has 8 aliphatic heterocycles. The summed E-state index contributed by atoms with van der Waals surface area (Å²) in [4.78, 5) is 110. The molecule has 24 rings (SSSR count). The maximum atomic E-state index is 11.1. The summed E-state index contributed by atoms with van der Waals surface area (Å²) < 4.78 is 0. The van der Waals surface area contributed by atoms with Crippen molar-refractivity contribution in [2.45, 2.75) is 0 Å². The maximum Gasteiger partial charge on any atom is 4.00 e. The average Bonchev–Trinajstić information content (AvgIpc) is 1.67. The number of aromatic amines is 8. The van der Waals surface area contributed by atoms with Crippen molar-refractivity contribution in [2.75, 3.05) is 0 Å². The molecule has 8 aliphatic rings. The summed E-state index contributed by atoms with van der Waals surface area (Å²) in [6.45, 7) is 0. The van der Waals surface area contributed by atoms with Gasteiger partial charge < -0.3 is 79.5 Å². The number of rotatable bonds is 8. The van der Waals surface area contributed by atoms with Gasteiger partial charge in [0.15, 0.2) is 0 Å². The van der Waals surface area contributed by atoms with Gasteiger partial charge in [0.25, 0.3) is 0 Å².